The summed E-state index contributed by atoms with van der Waals surface area (Å²) in [5.41, 5.74) is 2.79. The van der Waals surface area contributed by atoms with Gasteiger partial charge in [0, 0.05) is 26.4 Å². The predicted octanol–water partition coefficient (Wildman–Crippen LogP) is 16.3. The second-order valence-corrected chi connectivity index (χ2v) is 22.2. The maximum atomic E-state index is 6.61. The van der Waals surface area contributed by atoms with Crippen molar-refractivity contribution in [1.29, 1.82) is 0 Å². The minimum absolute atomic E-state index is 0.170. The third kappa shape index (κ3) is 18.2. The molecular weight excluding hydrogens is 759 g/mol. The number of nitrogens with zero attached hydrogens (tertiary/aromatic N) is 1. The first-order chi connectivity index (χ1) is 30.1. The lowest BCUT2D eigenvalue weighted by atomic mass is 9.47. The third-order valence-electron chi connectivity index (χ3n) is 16.6. The molecule has 1 unspecified atom stereocenters. The molecule has 4 nitrogen and oxygen atoms in total. The molecule has 0 radical (unpaired) electrons. The molecule has 0 bridgehead atoms. The summed E-state index contributed by atoms with van der Waals surface area (Å²) in [4.78, 5) is 2.23. The first kappa shape index (κ1) is 53.4. The van der Waals surface area contributed by atoms with Crippen molar-refractivity contribution in [3.8, 4) is 0 Å². The average Bonchev–Trinajstić information content (AvgIpc) is 3.60. The van der Waals surface area contributed by atoms with Gasteiger partial charge in [0.1, 0.15) is 0 Å². The van der Waals surface area contributed by atoms with E-state index in [4.69, 9.17) is 14.2 Å². The number of rotatable bonds is 34. The molecule has 3 fully saturated rings. The Balaban J connectivity index is 0.983. The van der Waals surface area contributed by atoms with Gasteiger partial charge in [-0.2, -0.15) is 0 Å². The number of hydrogen-bond acceptors (Lipinski definition) is 4. The number of allylic oxidation sites excluding steroid dienone is 7. The Kier molecular flexibility index (Phi) is 26.0. The van der Waals surface area contributed by atoms with Crippen LogP contribution >= 0.6 is 0 Å². The molecule has 3 saturated carbocycles. The van der Waals surface area contributed by atoms with Crippen LogP contribution < -0.4 is 0 Å². The molecule has 0 aromatic heterocycles. The van der Waals surface area contributed by atoms with Gasteiger partial charge in [0.2, 0.25) is 0 Å². The zero-order chi connectivity index (χ0) is 44.5. The summed E-state index contributed by atoms with van der Waals surface area (Å²) < 4.78 is 19.0. The Morgan fingerprint density at radius 3 is 2.16 bits per heavy atom. The van der Waals surface area contributed by atoms with Crippen molar-refractivity contribution in [2.75, 3.05) is 47.1 Å². The van der Waals surface area contributed by atoms with Crippen LogP contribution in [0.3, 0.4) is 0 Å². The number of hydrogen-bond donors (Lipinski definition) is 0. The van der Waals surface area contributed by atoms with Crippen LogP contribution in [0.25, 0.3) is 0 Å². The van der Waals surface area contributed by atoms with Gasteiger partial charge in [-0.15, -0.1) is 0 Å². The van der Waals surface area contributed by atoms with E-state index in [-0.39, 0.29) is 6.10 Å². The summed E-state index contributed by atoms with van der Waals surface area (Å²) in [6.45, 7) is 19.3. The van der Waals surface area contributed by atoms with E-state index in [9.17, 15) is 0 Å². The van der Waals surface area contributed by atoms with Crippen LogP contribution in [-0.2, 0) is 14.2 Å². The van der Waals surface area contributed by atoms with Crippen molar-refractivity contribution in [2.24, 2.45) is 46.3 Å². The molecule has 0 amide bonds. The first-order valence-corrected chi connectivity index (χ1v) is 27.2. The highest BCUT2D eigenvalue weighted by Gasteiger charge is 2.59. The minimum atomic E-state index is 0.170. The zero-order valence-electron chi connectivity index (χ0n) is 42.5. The van der Waals surface area contributed by atoms with Gasteiger partial charge in [-0.25, -0.2) is 0 Å². The highest BCUT2D eigenvalue weighted by atomic mass is 16.5. The molecule has 4 rings (SSSR count). The summed E-state index contributed by atoms with van der Waals surface area (Å²) in [5, 5.41) is 0. The zero-order valence-corrected chi connectivity index (χ0v) is 42.5. The Morgan fingerprint density at radius 1 is 0.710 bits per heavy atom. The van der Waals surface area contributed by atoms with E-state index in [0.29, 0.717) is 23.5 Å². The van der Waals surface area contributed by atoms with Crippen molar-refractivity contribution in [2.45, 2.75) is 227 Å². The fourth-order valence-corrected chi connectivity index (χ4v) is 12.9. The third-order valence-corrected chi connectivity index (χ3v) is 16.6. The molecule has 0 N–H and O–H groups in total. The Bertz CT molecular complexity index is 1280. The largest absolute Gasteiger partial charge is 0.379 e. The van der Waals surface area contributed by atoms with Gasteiger partial charge in [-0.3, -0.25) is 0 Å². The molecule has 0 spiro atoms. The van der Waals surface area contributed by atoms with Crippen LogP contribution in [0.1, 0.15) is 215 Å². The second-order valence-electron chi connectivity index (χ2n) is 22.2. The lowest BCUT2D eigenvalue weighted by Crippen LogP contribution is -2.51. The van der Waals surface area contributed by atoms with Gasteiger partial charge in [-0.1, -0.05) is 167 Å². The van der Waals surface area contributed by atoms with Gasteiger partial charge in [0.25, 0.3) is 0 Å². The van der Waals surface area contributed by atoms with Crippen molar-refractivity contribution in [1.82, 2.24) is 4.90 Å². The fourth-order valence-electron chi connectivity index (χ4n) is 12.9. The minimum Gasteiger partial charge on any atom is -0.379 e. The van der Waals surface area contributed by atoms with E-state index < -0.39 is 0 Å². The summed E-state index contributed by atoms with van der Waals surface area (Å²) in [6, 6.07) is 0. The van der Waals surface area contributed by atoms with Gasteiger partial charge < -0.3 is 19.1 Å². The summed E-state index contributed by atoms with van der Waals surface area (Å²) in [6.07, 6.45) is 52.2. The number of fused-ring (bicyclic) bond motifs is 5. The maximum absolute atomic E-state index is 6.61. The van der Waals surface area contributed by atoms with Crippen LogP contribution in [0.15, 0.2) is 48.1 Å². The second kappa shape index (κ2) is 30.2. The van der Waals surface area contributed by atoms with E-state index in [1.165, 1.54) is 154 Å². The van der Waals surface area contributed by atoms with Crippen molar-refractivity contribution >= 4 is 0 Å². The number of unbranched alkanes of at least 4 members (excludes halogenated alkanes) is 12. The van der Waals surface area contributed by atoms with E-state index in [1.54, 1.807) is 5.57 Å². The lowest BCUT2D eigenvalue weighted by molar-refractivity contribution is -0.0641. The molecule has 4 aliphatic carbocycles. The summed E-state index contributed by atoms with van der Waals surface area (Å²) in [7, 11) is 4.27. The fraction of sp³-hybridized carbons (Fsp3) is 0.862. The molecule has 9 atom stereocenters. The van der Waals surface area contributed by atoms with Crippen molar-refractivity contribution < 1.29 is 14.2 Å². The molecule has 0 aromatic rings. The van der Waals surface area contributed by atoms with Gasteiger partial charge in [0.15, 0.2) is 0 Å². The Morgan fingerprint density at radius 2 is 1.42 bits per heavy atom. The van der Waals surface area contributed by atoms with Gasteiger partial charge in [-0.05, 0) is 157 Å². The molecule has 0 aliphatic heterocycles. The molecule has 0 heterocycles. The van der Waals surface area contributed by atoms with Crippen LogP contribution in [0.2, 0.25) is 0 Å². The van der Waals surface area contributed by atoms with Crippen LogP contribution in [0.5, 0.6) is 0 Å². The average molecular weight is 862 g/mol. The molecular formula is C58H103NO3. The quantitative estimate of drug-likeness (QED) is 0.0366. The Labute approximate surface area is 386 Å². The topological polar surface area (TPSA) is 30.9 Å². The molecule has 62 heavy (non-hydrogen) atoms. The van der Waals surface area contributed by atoms with E-state index in [0.717, 1.165) is 81.1 Å². The van der Waals surface area contributed by atoms with Gasteiger partial charge in [0.05, 0.1) is 18.8 Å². The van der Waals surface area contributed by atoms with Crippen LogP contribution in [0.4, 0.5) is 0 Å². The summed E-state index contributed by atoms with van der Waals surface area (Å²) in [5.74, 6) is 5.48. The van der Waals surface area contributed by atoms with Crippen LogP contribution in [0, 0.1) is 46.3 Å². The van der Waals surface area contributed by atoms with E-state index >= 15 is 0 Å². The summed E-state index contributed by atoms with van der Waals surface area (Å²) >= 11 is 0. The molecule has 0 aromatic carbocycles. The highest BCUT2D eigenvalue weighted by molar-refractivity contribution is 5.25. The van der Waals surface area contributed by atoms with Crippen molar-refractivity contribution in [3.63, 3.8) is 0 Å². The van der Waals surface area contributed by atoms with Crippen molar-refractivity contribution in [3.05, 3.63) is 48.1 Å². The highest BCUT2D eigenvalue weighted by Crippen LogP contribution is 2.67. The standard InChI is InChI=1S/C58H103NO3/c1-9-10-11-12-13-14-15-16-17-18-19-20-21-22-25-28-42-60-47-52(46-59(7)8)62-44-30-27-24-23-26-29-43-61-51-38-40-57(5)50(45-51)34-35-53-55-37-36-54(49(4)33-31-32-48(2)3)58(55,6)41-39-56(53)57/h11-14,16-17,34,48-49,51-56H,9-10,15,18-33,35-47H2,1-8H3/b12-11+,14-13-,17-16-/t49-,51+,52?,53+,54-,55+,56+,57+,58-/m1/s1. The Hall–Kier alpha value is -1.20. The lowest BCUT2D eigenvalue weighted by Gasteiger charge is -2.58. The SMILES string of the molecule is CCC/C=C/C=C\C/C=C\CCCCCCCCOCC(CN(C)C)OCCCCCCCCO[C@H]1CC[C@@]2(C)C(=CC[C@H]3[C@@H]4CC[C@H]([C@H](C)CCCC(C)C)[C@@]4(C)CC[C@@H]32)C1. The number of ether oxygens (including phenoxy) is 3. The normalized spacial score (nSPS) is 28.6. The molecule has 0 saturated heterocycles. The first-order valence-electron chi connectivity index (χ1n) is 27.2. The monoisotopic (exact) mass is 862 g/mol. The predicted molar refractivity (Wildman–Crippen MR) is 269 cm³/mol. The molecule has 4 aliphatic rings. The maximum Gasteiger partial charge on any atom is 0.0934 e. The number of likely N-dealkylation sites (N-methyl/N-ethyl adjacent to an activating group) is 1. The van der Waals surface area contributed by atoms with E-state index in [2.05, 4.69) is 103 Å². The van der Waals surface area contributed by atoms with Gasteiger partial charge >= 0.3 is 0 Å². The molecule has 4 heteroatoms. The smallest absolute Gasteiger partial charge is 0.0934 e. The van der Waals surface area contributed by atoms with Crippen LogP contribution in [-0.4, -0.2) is 64.2 Å². The van der Waals surface area contributed by atoms with E-state index in [1.807, 2.05) is 0 Å². The molecule has 358 valence electrons.